The second-order valence-corrected chi connectivity index (χ2v) is 2.31. The normalized spacial score (nSPS) is 17.0. The van der Waals surface area contributed by atoms with Crippen LogP contribution in [0.3, 0.4) is 0 Å². The molecule has 0 rings (SSSR count). The monoisotopic (exact) mass is 214 g/mol. The number of hydrogen-bond acceptors (Lipinski definition) is 6. The van der Waals surface area contributed by atoms with Gasteiger partial charge in [-0.3, -0.25) is 4.79 Å². The number of carbonyl (C=O) groups excluding carboxylic acids is 1. The lowest BCUT2D eigenvalue weighted by Gasteiger charge is -2.19. The summed E-state index contributed by atoms with van der Waals surface area (Å²) in [6.45, 7) is -1.69. The van der Waals surface area contributed by atoms with Crippen LogP contribution in [0.4, 0.5) is 0 Å². The Kier molecular flexibility index (Phi) is 8.53. The van der Waals surface area contributed by atoms with Gasteiger partial charge in [0.05, 0.1) is 6.61 Å². The molecule has 0 fully saturated rings. The Morgan fingerprint density at radius 2 is 1.62 bits per heavy atom. The van der Waals surface area contributed by atoms with Gasteiger partial charge in [-0.15, -0.1) is 0 Å². The van der Waals surface area contributed by atoms with E-state index in [9.17, 15) is 4.79 Å². The Morgan fingerprint density at radius 1 is 1.15 bits per heavy atom. The van der Waals surface area contributed by atoms with E-state index in [4.69, 9.17) is 25.5 Å². The molecule has 0 saturated heterocycles. The molecule has 0 aromatic carbocycles. The van der Waals surface area contributed by atoms with Gasteiger partial charge in [0, 0.05) is 0 Å². The fourth-order valence-corrected chi connectivity index (χ4v) is 0.602. The lowest BCUT2D eigenvalue weighted by Crippen LogP contribution is -2.44. The molecule has 0 aliphatic rings. The van der Waals surface area contributed by atoms with Crippen molar-refractivity contribution in [2.24, 2.45) is 0 Å². The summed E-state index contributed by atoms with van der Waals surface area (Å²) in [7, 11) is 0. The van der Waals surface area contributed by atoms with E-state index in [2.05, 4.69) is 0 Å². The zero-order chi connectivity index (χ0) is 9.72. The zero-order valence-corrected chi connectivity index (χ0v) is 7.79. The molecule has 0 unspecified atom stereocenters. The summed E-state index contributed by atoms with van der Waals surface area (Å²) in [5.74, 6) is -1.00. The van der Waals surface area contributed by atoms with Crippen LogP contribution in [-0.4, -0.2) is 62.8 Å². The number of carbonyl (C=O) groups is 1. The number of aliphatic hydroxyl groups excluding tert-OH is 5. The largest absolute Gasteiger partial charge is 0.394 e. The lowest BCUT2D eigenvalue weighted by molar-refractivity contribution is -0.142. The van der Waals surface area contributed by atoms with Crippen LogP contribution in [0.5, 0.6) is 0 Å². The standard InChI is InChI=1S/C6H12O6.H2S/c7-1-3(9)5(11)6(12)4(10)2-8;/h3,5-9,11-12H,1-2H2;1H2/t3-,5+,6+;/m0./s1. The smallest absolute Gasteiger partial charge is 0.189 e. The van der Waals surface area contributed by atoms with Gasteiger partial charge >= 0.3 is 0 Å². The number of rotatable bonds is 5. The van der Waals surface area contributed by atoms with E-state index in [1.165, 1.54) is 0 Å². The Bertz CT molecular complexity index is 152. The minimum Gasteiger partial charge on any atom is -0.394 e. The maximum absolute atomic E-state index is 10.5. The number of aliphatic hydroxyl groups is 5. The van der Waals surface area contributed by atoms with E-state index in [1.807, 2.05) is 0 Å². The van der Waals surface area contributed by atoms with Crippen LogP contribution in [0.15, 0.2) is 0 Å². The fraction of sp³-hybridized carbons (Fsp3) is 0.833. The summed E-state index contributed by atoms with van der Waals surface area (Å²) in [5.41, 5.74) is 0. The van der Waals surface area contributed by atoms with E-state index < -0.39 is 37.3 Å². The Morgan fingerprint density at radius 3 is 1.92 bits per heavy atom. The van der Waals surface area contributed by atoms with E-state index in [1.54, 1.807) is 0 Å². The molecule has 0 radical (unpaired) electrons. The molecule has 7 heteroatoms. The van der Waals surface area contributed by atoms with E-state index in [0.717, 1.165) is 0 Å². The molecule has 0 saturated carbocycles. The van der Waals surface area contributed by atoms with Crippen LogP contribution in [0, 0.1) is 0 Å². The first-order valence-electron chi connectivity index (χ1n) is 3.33. The quantitative estimate of drug-likeness (QED) is 0.328. The third-order valence-electron chi connectivity index (χ3n) is 1.39. The zero-order valence-electron chi connectivity index (χ0n) is 6.79. The SMILES string of the molecule is O=C(CO)[C@@H](O)[C@H](O)[C@@H](O)CO.S. The maximum atomic E-state index is 10.5. The van der Waals surface area contributed by atoms with Gasteiger partial charge < -0.3 is 25.5 Å². The van der Waals surface area contributed by atoms with Crippen LogP contribution in [0.2, 0.25) is 0 Å². The van der Waals surface area contributed by atoms with Gasteiger partial charge in [-0.1, -0.05) is 0 Å². The van der Waals surface area contributed by atoms with Gasteiger partial charge in [0.25, 0.3) is 0 Å². The van der Waals surface area contributed by atoms with Crippen molar-refractivity contribution in [1.29, 1.82) is 0 Å². The highest BCUT2D eigenvalue weighted by Gasteiger charge is 2.28. The summed E-state index contributed by atoms with van der Waals surface area (Å²) < 4.78 is 0. The second-order valence-electron chi connectivity index (χ2n) is 2.31. The van der Waals surface area contributed by atoms with Crippen molar-refractivity contribution in [2.45, 2.75) is 18.3 Å². The molecular weight excluding hydrogens is 200 g/mol. The summed E-state index contributed by atoms with van der Waals surface area (Å²) in [4.78, 5) is 10.5. The van der Waals surface area contributed by atoms with Gasteiger partial charge in [-0.2, -0.15) is 13.5 Å². The van der Waals surface area contributed by atoms with E-state index in [-0.39, 0.29) is 13.5 Å². The van der Waals surface area contributed by atoms with Gasteiger partial charge in [0.2, 0.25) is 0 Å². The average molecular weight is 214 g/mol. The van der Waals surface area contributed by atoms with Crippen molar-refractivity contribution >= 4 is 19.3 Å². The molecule has 5 N–H and O–H groups in total. The summed E-state index contributed by atoms with van der Waals surface area (Å²) in [5, 5.41) is 43.1. The molecule has 0 aliphatic heterocycles. The third kappa shape index (κ3) is 4.55. The van der Waals surface area contributed by atoms with Crippen molar-refractivity contribution in [3.63, 3.8) is 0 Å². The molecule has 13 heavy (non-hydrogen) atoms. The van der Waals surface area contributed by atoms with Crippen molar-refractivity contribution in [3.05, 3.63) is 0 Å². The van der Waals surface area contributed by atoms with Crippen molar-refractivity contribution in [3.8, 4) is 0 Å². The first-order chi connectivity index (χ1) is 5.54. The first kappa shape index (κ1) is 15.3. The minimum absolute atomic E-state index is 0. The van der Waals surface area contributed by atoms with Crippen molar-refractivity contribution < 1.29 is 30.3 Å². The lowest BCUT2D eigenvalue weighted by atomic mass is 10.1. The molecule has 0 aliphatic carbocycles. The van der Waals surface area contributed by atoms with Crippen molar-refractivity contribution in [1.82, 2.24) is 0 Å². The molecule has 0 aromatic heterocycles. The highest BCUT2D eigenvalue weighted by molar-refractivity contribution is 7.59. The van der Waals surface area contributed by atoms with Crippen LogP contribution in [-0.2, 0) is 4.79 Å². The first-order valence-corrected chi connectivity index (χ1v) is 3.33. The molecular formula is C6H14O6S. The summed E-state index contributed by atoms with van der Waals surface area (Å²) in [6, 6.07) is 0. The van der Waals surface area contributed by atoms with Gasteiger partial charge in [0.15, 0.2) is 5.78 Å². The highest BCUT2D eigenvalue weighted by atomic mass is 32.1. The molecule has 0 spiro atoms. The number of Topliss-reactive ketones (excluding diaryl/α,β-unsaturated/α-hetero) is 1. The molecule has 0 bridgehead atoms. The van der Waals surface area contributed by atoms with Gasteiger partial charge in [-0.25, -0.2) is 0 Å². The maximum Gasteiger partial charge on any atom is 0.189 e. The predicted octanol–water partition coefficient (Wildman–Crippen LogP) is -3.26. The fourth-order valence-electron chi connectivity index (χ4n) is 0.602. The Hall–Kier alpha value is -0.180. The Labute approximate surface area is 81.9 Å². The van der Waals surface area contributed by atoms with Crippen LogP contribution < -0.4 is 0 Å². The predicted molar refractivity (Wildman–Crippen MR) is 47.6 cm³/mol. The molecule has 0 amide bonds. The van der Waals surface area contributed by atoms with Gasteiger partial charge in [-0.05, 0) is 0 Å². The van der Waals surface area contributed by atoms with E-state index in [0.29, 0.717) is 0 Å². The van der Waals surface area contributed by atoms with Crippen LogP contribution in [0.1, 0.15) is 0 Å². The topological polar surface area (TPSA) is 118 Å². The molecule has 80 valence electrons. The van der Waals surface area contributed by atoms with E-state index >= 15 is 0 Å². The average Bonchev–Trinajstić information content (AvgIpc) is 2.12. The van der Waals surface area contributed by atoms with Crippen LogP contribution in [0.25, 0.3) is 0 Å². The summed E-state index contributed by atoms with van der Waals surface area (Å²) >= 11 is 0. The molecule has 3 atom stereocenters. The molecule has 0 aromatic rings. The Balaban J connectivity index is 0. The third-order valence-corrected chi connectivity index (χ3v) is 1.39. The minimum atomic E-state index is -1.86. The van der Waals surface area contributed by atoms with Crippen LogP contribution >= 0.6 is 13.5 Å². The molecule has 0 heterocycles. The second kappa shape index (κ2) is 7.25. The highest BCUT2D eigenvalue weighted by Crippen LogP contribution is 2.00. The van der Waals surface area contributed by atoms with Gasteiger partial charge in [0.1, 0.15) is 24.9 Å². The number of ketones is 1. The number of hydrogen-bond donors (Lipinski definition) is 5. The van der Waals surface area contributed by atoms with Crippen molar-refractivity contribution in [2.75, 3.05) is 13.2 Å². The summed E-state index contributed by atoms with van der Waals surface area (Å²) in [6.07, 6.45) is -5.22. The molecule has 6 nitrogen and oxygen atoms in total.